The molecule has 0 radical (unpaired) electrons. The lowest BCUT2D eigenvalue weighted by atomic mass is 9.60. The van der Waals surface area contributed by atoms with Crippen LogP contribution in [0.15, 0.2) is 97.1 Å². The molecule has 0 bridgehead atoms. The summed E-state index contributed by atoms with van der Waals surface area (Å²) in [6.45, 7) is 7.88. The highest BCUT2D eigenvalue weighted by Gasteiger charge is 2.43. The van der Waals surface area contributed by atoms with Crippen molar-refractivity contribution in [3.63, 3.8) is 0 Å². The normalized spacial score (nSPS) is 20.6. The van der Waals surface area contributed by atoms with Crippen LogP contribution in [0.1, 0.15) is 47.2 Å². The molecular weight excluding hydrogens is 552 g/mol. The van der Waals surface area contributed by atoms with Crippen LogP contribution in [0.3, 0.4) is 0 Å². The Kier molecular flexibility index (Phi) is 8.41. The summed E-state index contributed by atoms with van der Waals surface area (Å²) in [6.07, 6.45) is 1.39. The third kappa shape index (κ3) is 6.26. The molecule has 4 atom stereocenters. The Morgan fingerprint density at radius 1 is 0.614 bits per heavy atom. The highest BCUT2D eigenvalue weighted by Crippen LogP contribution is 2.51. The minimum Gasteiger partial charge on any atom is -0.491 e. The topological polar surface area (TPSA) is 62.0 Å². The van der Waals surface area contributed by atoms with Crippen molar-refractivity contribution >= 4 is 0 Å². The molecule has 4 aromatic rings. The second kappa shape index (κ2) is 12.7. The van der Waals surface area contributed by atoms with E-state index in [0.29, 0.717) is 26.4 Å². The summed E-state index contributed by atoms with van der Waals surface area (Å²) in [4.78, 5) is 0. The number of fused-ring (bicyclic) bond motifs is 2. The van der Waals surface area contributed by atoms with Gasteiger partial charge in [-0.2, -0.15) is 0 Å². The van der Waals surface area contributed by atoms with Crippen molar-refractivity contribution in [1.29, 1.82) is 0 Å². The molecule has 2 fully saturated rings. The molecule has 228 valence electrons. The molecule has 7 rings (SSSR count). The van der Waals surface area contributed by atoms with Gasteiger partial charge >= 0.3 is 0 Å². The van der Waals surface area contributed by atoms with Gasteiger partial charge < -0.3 is 28.4 Å². The molecule has 44 heavy (non-hydrogen) atoms. The van der Waals surface area contributed by atoms with E-state index in [1.54, 1.807) is 0 Å². The van der Waals surface area contributed by atoms with Crippen molar-refractivity contribution in [2.24, 2.45) is 0 Å². The van der Waals surface area contributed by atoms with E-state index in [2.05, 4.69) is 97.1 Å². The largest absolute Gasteiger partial charge is 0.491 e. The molecule has 3 aliphatic rings. The van der Waals surface area contributed by atoms with Gasteiger partial charge in [0.2, 0.25) is 0 Å². The zero-order chi connectivity index (χ0) is 29.9. The van der Waals surface area contributed by atoms with Gasteiger partial charge in [0, 0.05) is 0 Å². The van der Waals surface area contributed by atoms with Crippen molar-refractivity contribution in [3.05, 3.63) is 130 Å². The maximum absolute atomic E-state index is 6.14. The highest BCUT2D eigenvalue weighted by atomic mass is 16.6. The molecule has 0 spiro atoms. The van der Waals surface area contributed by atoms with Gasteiger partial charge in [0.05, 0.1) is 44.1 Å². The van der Waals surface area contributed by atoms with E-state index in [-0.39, 0.29) is 24.4 Å². The van der Waals surface area contributed by atoms with Gasteiger partial charge in [-0.1, -0.05) is 72.8 Å². The van der Waals surface area contributed by atoms with Crippen molar-refractivity contribution in [1.82, 2.24) is 0 Å². The molecule has 0 N–H and O–H groups in total. The summed E-state index contributed by atoms with van der Waals surface area (Å²) in [5.41, 5.74) is 7.16. The Hall–Kier alpha value is -3.68. The zero-order valence-electron chi connectivity index (χ0n) is 25.4. The molecule has 6 nitrogen and oxygen atoms in total. The molecule has 4 aromatic carbocycles. The summed E-state index contributed by atoms with van der Waals surface area (Å²) < 4.78 is 34.5. The lowest BCUT2D eigenvalue weighted by Crippen LogP contribution is -2.36. The summed E-state index contributed by atoms with van der Waals surface area (Å²) in [7, 11) is 0. The van der Waals surface area contributed by atoms with Gasteiger partial charge in [-0.05, 0) is 77.9 Å². The van der Waals surface area contributed by atoms with E-state index < -0.39 is 5.41 Å². The van der Waals surface area contributed by atoms with Crippen LogP contribution in [0, 0.1) is 0 Å². The van der Waals surface area contributed by atoms with E-state index in [1.807, 2.05) is 13.8 Å². The van der Waals surface area contributed by atoms with Crippen molar-refractivity contribution < 1.29 is 28.4 Å². The van der Waals surface area contributed by atoms with Gasteiger partial charge in [-0.3, -0.25) is 0 Å². The molecule has 1 aliphatic carbocycles. The van der Waals surface area contributed by atoms with Gasteiger partial charge in [-0.25, -0.2) is 0 Å². The minimum absolute atomic E-state index is 0.00943. The van der Waals surface area contributed by atoms with E-state index >= 15 is 0 Å². The Morgan fingerprint density at radius 2 is 1.02 bits per heavy atom. The standard InChI is InChI=1S/C38H40O6/c1-26(39-22-34-24-43-34)20-41-32-15-11-30(12-16-32)38(36-9-5-3-7-28(36)19-29-8-4-6-10-37(29)38)31-13-17-33(18-14-31)42-21-27(2)40-23-35-25-44-35/h3-18,26-27,34-35H,19-25H2,1-2H3. The predicted octanol–water partition coefficient (Wildman–Crippen LogP) is 6.34. The van der Waals surface area contributed by atoms with Gasteiger partial charge in [0.15, 0.2) is 0 Å². The third-order valence-electron chi connectivity index (χ3n) is 8.71. The fourth-order valence-electron chi connectivity index (χ4n) is 6.22. The van der Waals surface area contributed by atoms with Crippen LogP contribution in [0.25, 0.3) is 0 Å². The maximum Gasteiger partial charge on any atom is 0.119 e. The van der Waals surface area contributed by atoms with Crippen LogP contribution in [-0.2, 0) is 30.8 Å². The van der Waals surface area contributed by atoms with Gasteiger partial charge in [0.1, 0.15) is 36.9 Å². The van der Waals surface area contributed by atoms with Crippen molar-refractivity contribution in [3.8, 4) is 11.5 Å². The van der Waals surface area contributed by atoms with Gasteiger partial charge in [0.25, 0.3) is 0 Å². The number of ether oxygens (including phenoxy) is 6. The summed E-state index contributed by atoms with van der Waals surface area (Å²) in [5.74, 6) is 1.65. The van der Waals surface area contributed by atoms with Gasteiger partial charge in [-0.15, -0.1) is 0 Å². The molecule has 0 aromatic heterocycles. The first-order valence-corrected chi connectivity index (χ1v) is 15.7. The van der Waals surface area contributed by atoms with Crippen molar-refractivity contribution in [2.75, 3.05) is 39.6 Å². The molecular formula is C38H40O6. The first kappa shape index (κ1) is 29.1. The average Bonchev–Trinajstić information content (AvgIpc) is 4.00. The van der Waals surface area contributed by atoms with Crippen LogP contribution in [0.5, 0.6) is 11.5 Å². The Labute approximate surface area is 259 Å². The number of benzene rings is 4. The summed E-state index contributed by atoms with van der Waals surface area (Å²) in [5, 5.41) is 0. The smallest absolute Gasteiger partial charge is 0.119 e. The first-order chi connectivity index (χ1) is 21.6. The second-order valence-corrected chi connectivity index (χ2v) is 12.1. The molecule has 0 amide bonds. The minimum atomic E-state index is -0.496. The Morgan fingerprint density at radius 3 is 1.43 bits per heavy atom. The SMILES string of the molecule is CC(COc1ccc(C2(c3ccc(OCC(C)OCC4CO4)cc3)c3ccccc3Cc3ccccc32)cc1)OCC1CO1. The molecule has 4 unspecified atom stereocenters. The molecule has 2 aliphatic heterocycles. The van der Waals surface area contributed by atoms with E-state index in [0.717, 1.165) is 31.1 Å². The van der Waals surface area contributed by atoms with E-state index in [1.165, 1.54) is 33.4 Å². The molecule has 6 heteroatoms. The average molecular weight is 593 g/mol. The molecule has 2 heterocycles. The third-order valence-corrected chi connectivity index (χ3v) is 8.71. The number of epoxide rings is 2. The summed E-state index contributed by atoms with van der Waals surface area (Å²) >= 11 is 0. The zero-order valence-corrected chi connectivity index (χ0v) is 25.4. The first-order valence-electron chi connectivity index (χ1n) is 15.7. The fourth-order valence-corrected chi connectivity index (χ4v) is 6.22. The van der Waals surface area contributed by atoms with Crippen LogP contribution in [-0.4, -0.2) is 64.1 Å². The second-order valence-electron chi connectivity index (χ2n) is 12.1. The maximum atomic E-state index is 6.14. The van der Waals surface area contributed by atoms with Crippen LogP contribution in [0.4, 0.5) is 0 Å². The Balaban J connectivity index is 1.19. The highest BCUT2D eigenvalue weighted by molar-refractivity contribution is 5.67. The quantitative estimate of drug-likeness (QED) is 0.140. The fraction of sp³-hybridized carbons (Fsp3) is 0.368. The van der Waals surface area contributed by atoms with E-state index in [9.17, 15) is 0 Å². The number of hydrogen-bond acceptors (Lipinski definition) is 6. The predicted molar refractivity (Wildman–Crippen MR) is 169 cm³/mol. The molecule has 0 saturated carbocycles. The van der Waals surface area contributed by atoms with Crippen LogP contribution in [0.2, 0.25) is 0 Å². The van der Waals surface area contributed by atoms with E-state index in [4.69, 9.17) is 28.4 Å². The monoisotopic (exact) mass is 592 g/mol. The number of rotatable bonds is 14. The lowest BCUT2D eigenvalue weighted by Gasteiger charge is -2.42. The lowest BCUT2D eigenvalue weighted by molar-refractivity contribution is 0.0241. The number of hydrogen-bond donors (Lipinski definition) is 0. The molecule has 2 saturated heterocycles. The van der Waals surface area contributed by atoms with Crippen molar-refractivity contribution in [2.45, 2.75) is 50.1 Å². The Bertz CT molecular complexity index is 1420. The van der Waals surface area contributed by atoms with Crippen LogP contribution >= 0.6 is 0 Å². The summed E-state index contributed by atoms with van der Waals surface area (Å²) in [6, 6.07) is 34.9. The van der Waals surface area contributed by atoms with Crippen LogP contribution < -0.4 is 9.47 Å².